The second-order valence-corrected chi connectivity index (χ2v) is 11.2. The molecule has 0 unspecified atom stereocenters. The third-order valence-electron chi connectivity index (χ3n) is 8.04. The SMILES string of the molecule is Cc1cc(F)cc(-c2nccc3[nH]c(-c4n[nH]c5ccc(-c6cncc(NC(=O)CC7CCCCC7)c6)nc45)cc23)c1. The molecule has 3 N–H and O–H groups in total. The van der Waals surface area contributed by atoms with Crippen LogP contribution in [0.3, 0.4) is 0 Å². The van der Waals surface area contributed by atoms with E-state index < -0.39 is 0 Å². The number of amides is 1. The lowest BCUT2D eigenvalue weighted by Crippen LogP contribution is -2.18. The van der Waals surface area contributed by atoms with E-state index in [1.165, 1.54) is 31.4 Å². The van der Waals surface area contributed by atoms with Gasteiger partial charge in [0.05, 0.1) is 34.5 Å². The molecular formula is C33H30FN7O. The van der Waals surface area contributed by atoms with Crippen LogP contribution in [-0.2, 0) is 4.79 Å². The molecule has 6 aromatic rings. The molecule has 1 aromatic carbocycles. The standard InChI is InChI=1S/C33H30FN7O/c1-19-11-21(14-23(34)12-19)31-25-16-29(38-27(25)9-10-36-31)33-32-28(40-41-33)8-7-26(39-32)22-15-24(18-35-17-22)37-30(42)13-20-5-3-2-4-6-20/h7-12,14-18,20,38H,2-6,13H2,1H3,(H,37,42)(H,40,41). The highest BCUT2D eigenvalue weighted by Crippen LogP contribution is 2.34. The van der Waals surface area contributed by atoms with Crippen molar-refractivity contribution >= 4 is 33.5 Å². The maximum Gasteiger partial charge on any atom is 0.224 e. The Morgan fingerprint density at radius 3 is 2.71 bits per heavy atom. The van der Waals surface area contributed by atoms with Gasteiger partial charge in [0.1, 0.15) is 17.0 Å². The van der Waals surface area contributed by atoms with Crippen LogP contribution in [0, 0.1) is 18.7 Å². The van der Waals surface area contributed by atoms with Gasteiger partial charge in [0.15, 0.2) is 0 Å². The molecule has 0 aliphatic heterocycles. The molecule has 9 heteroatoms. The Bertz CT molecular complexity index is 1920. The van der Waals surface area contributed by atoms with Gasteiger partial charge in [0.2, 0.25) is 5.91 Å². The molecule has 1 fully saturated rings. The van der Waals surface area contributed by atoms with Crippen molar-refractivity contribution < 1.29 is 9.18 Å². The van der Waals surface area contributed by atoms with E-state index in [-0.39, 0.29) is 11.7 Å². The van der Waals surface area contributed by atoms with Gasteiger partial charge in [0.25, 0.3) is 0 Å². The Morgan fingerprint density at radius 2 is 1.86 bits per heavy atom. The van der Waals surface area contributed by atoms with Crippen molar-refractivity contribution in [3.8, 4) is 33.9 Å². The van der Waals surface area contributed by atoms with E-state index in [0.717, 1.165) is 51.8 Å². The summed E-state index contributed by atoms with van der Waals surface area (Å²) in [6.45, 7) is 1.87. The zero-order valence-electron chi connectivity index (χ0n) is 23.2. The molecule has 0 saturated heterocycles. The number of hydrogen-bond acceptors (Lipinski definition) is 5. The number of aromatic nitrogens is 6. The van der Waals surface area contributed by atoms with Crippen molar-refractivity contribution in [1.29, 1.82) is 0 Å². The molecule has 8 nitrogen and oxygen atoms in total. The first-order chi connectivity index (χ1) is 20.5. The average Bonchev–Trinajstić information content (AvgIpc) is 3.61. The number of hydrogen-bond donors (Lipinski definition) is 3. The minimum atomic E-state index is -0.295. The lowest BCUT2D eigenvalue weighted by Gasteiger charge is -2.20. The molecule has 0 radical (unpaired) electrons. The van der Waals surface area contributed by atoms with Crippen molar-refractivity contribution in [1.82, 2.24) is 30.1 Å². The summed E-state index contributed by atoms with van der Waals surface area (Å²) in [5.41, 5.74) is 8.19. The van der Waals surface area contributed by atoms with Gasteiger partial charge in [-0.3, -0.25) is 19.9 Å². The predicted molar refractivity (Wildman–Crippen MR) is 162 cm³/mol. The minimum Gasteiger partial charge on any atom is -0.353 e. The topological polar surface area (TPSA) is 112 Å². The number of aromatic amines is 2. The molecule has 210 valence electrons. The number of aryl methyl sites for hydroxylation is 1. The molecule has 42 heavy (non-hydrogen) atoms. The molecule has 1 aliphatic carbocycles. The molecule has 5 aromatic heterocycles. The van der Waals surface area contributed by atoms with Crippen LogP contribution >= 0.6 is 0 Å². The number of nitrogens with zero attached hydrogens (tertiary/aromatic N) is 4. The monoisotopic (exact) mass is 559 g/mol. The maximum atomic E-state index is 14.2. The van der Waals surface area contributed by atoms with Crippen LogP contribution in [0.25, 0.3) is 55.8 Å². The number of benzene rings is 1. The number of carbonyl (C=O) groups excluding carboxylic acids is 1. The van der Waals surface area contributed by atoms with Crippen LogP contribution in [0.1, 0.15) is 44.1 Å². The van der Waals surface area contributed by atoms with Crippen molar-refractivity contribution in [2.75, 3.05) is 5.32 Å². The fourth-order valence-corrected chi connectivity index (χ4v) is 6.05. The van der Waals surface area contributed by atoms with E-state index in [2.05, 4.69) is 30.5 Å². The predicted octanol–water partition coefficient (Wildman–Crippen LogP) is 7.59. The van der Waals surface area contributed by atoms with Gasteiger partial charge in [-0.25, -0.2) is 9.37 Å². The van der Waals surface area contributed by atoms with E-state index in [1.807, 2.05) is 43.3 Å². The number of halogens is 1. The Kier molecular flexibility index (Phi) is 6.70. The van der Waals surface area contributed by atoms with Gasteiger partial charge >= 0.3 is 0 Å². The highest BCUT2D eigenvalue weighted by molar-refractivity contribution is 5.99. The van der Waals surface area contributed by atoms with Gasteiger partial charge in [0, 0.05) is 40.8 Å². The average molecular weight is 560 g/mol. The first kappa shape index (κ1) is 26.0. The van der Waals surface area contributed by atoms with Crippen LogP contribution in [0.5, 0.6) is 0 Å². The molecule has 0 atom stereocenters. The summed E-state index contributed by atoms with van der Waals surface area (Å²) in [6.07, 6.45) is 11.6. The van der Waals surface area contributed by atoms with Crippen molar-refractivity contribution in [2.45, 2.75) is 45.4 Å². The highest BCUT2D eigenvalue weighted by Gasteiger charge is 2.19. The summed E-state index contributed by atoms with van der Waals surface area (Å²) in [5, 5.41) is 11.5. The van der Waals surface area contributed by atoms with Crippen molar-refractivity contribution in [3.63, 3.8) is 0 Å². The van der Waals surface area contributed by atoms with Crippen LogP contribution in [-0.4, -0.2) is 36.0 Å². The molecular weight excluding hydrogens is 529 g/mol. The Balaban J connectivity index is 1.20. The highest BCUT2D eigenvalue weighted by atomic mass is 19.1. The molecule has 1 aliphatic rings. The van der Waals surface area contributed by atoms with Gasteiger partial charge in [-0.2, -0.15) is 5.10 Å². The van der Waals surface area contributed by atoms with E-state index in [0.29, 0.717) is 40.5 Å². The zero-order chi connectivity index (χ0) is 28.6. The number of carbonyl (C=O) groups is 1. The summed E-state index contributed by atoms with van der Waals surface area (Å²) in [5.74, 6) is 0.201. The molecule has 5 heterocycles. The third-order valence-corrected chi connectivity index (χ3v) is 8.04. The number of nitrogens with one attached hydrogen (secondary N) is 3. The van der Waals surface area contributed by atoms with Gasteiger partial charge in [-0.15, -0.1) is 0 Å². The largest absolute Gasteiger partial charge is 0.353 e. The fourth-order valence-electron chi connectivity index (χ4n) is 6.05. The van der Waals surface area contributed by atoms with Crippen LogP contribution in [0.4, 0.5) is 10.1 Å². The van der Waals surface area contributed by atoms with Gasteiger partial charge in [-0.05, 0) is 79.8 Å². The van der Waals surface area contributed by atoms with Crippen LogP contribution in [0.15, 0.2) is 67.1 Å². The Labute approximate surface area is 241 Å². The lowest BCUT2D eigenvalue weighted by atomic mass is 9.87. The summed E-state index contributed by atoms with van der Waals surface area (Å²) in [4.78, 5) is 30.0. The number of anilines is 1. The number of H-pyrrole nitrogens is 2. The second-order valence-electron chi connectivity index (χ2n) is 11.2. The molecule has 1 saturated carbocycles. The number of pyridine rings is 3. The van der Waals surface area contributed by atoms with Crippen LogP contribution in [0.2, 0.25) is 0 Å². The first-order valence-electron chi connectivity index (χ1n) is 14.4. The van der Waals surface area contributed by atoms with E-state index >= 15 is 0 Å². The normalized spacial score (nSPS) is 14.0. The zero-order valence-corrected chi connectivity index (χ0v) is 23.2. The van der Waals surface area contributed by atoms with Crippen molar-refractivity contribution in [3.05, 3.63) is 78.5 Å². The second kappa shape index (κ2) is 10.8. The lowest BCUT2D eigenvalue weighted by molar-refractivity contribution is -0.117. The first-order valence-corrected chi connectivity index (χ1v) is 14.4. The summed E-state index contributed by atoms with van der Waals surface area (Å²) >= 11 is 0. The molecule has 1 amide bonds. The fraction of sp³-hybridized carbons (Fsp3) is 0.242. The molecule has 0 bridgehead atoms. The Morgan fingerprint density at radius 1 is 0.976 bits per heavy atom. The van der Waals surface area contributed by atoms with E-state index in [4.69, 9.17) is 4.98 Å². The third kappa shape index (κ3) is 5.13. The quantitative estimate of drug-likeness (QED) is 0.195. The molecule has 7 rings (SSSR count). The Hall–Kier alpha value is -4.92. The summed E-state index contributed by atoms with van der Waals surface area (Å²) in [6, 6.07) is 14.6. The number of fused-ring (bicyclic) bond motifs is 2. The van der Waals surface area contributed by atoms with Gasteiger partial charge < -0.3 is 10.3 Å². The number of rotatable bonds is 6. The smallest absolute Gasteiger partial charge is 0.224 e. The van der Waals surface area contributed by atoms with E-state index in [9.17, 15) is 9.18 Å². The van der Waals surface area contributed by atoms with E-state index in [1.54, 1.807) is 18.6 Å². The minimum absolute atomic E-state index is 0.0301. The van der Waals surface area contributed by atoms with Crippen molar-refractivity contribution in [2.24, 2.45) is 5.92 Å². The molecule has 0 spiro atoms. The maximum absolute atomic E-state index is 14.2. The summed E-state index contributed by atoms with van der Waals surface area (Å²) < 4.78 is 14.2. The summed E-state index contributed by atoms with van der Waals surface area (Å²) in [7, 11) is 0. The van der Waals surface area contributed by atoms with Crippen LogP contribution < -0.4 is 5.32 Å². The van der Waals surface area contributed by atoms with Gasteiger partial charge in [-0.1, -0.05) is 19.3 Å².